The van der Waals surface area contributed by atoms with Gasteiger partial charge in [-0.15, -0.1) is 11.8 Å². The Labute approximate surface area is 252 Å². The smallest absolute Gasteiger partial charge is 0.341 e. The first-order chi connectivity index (χ1) is 19.0. The van der Waals surface area contributed by atoms with E-state index < -0.39 is 24.6 Å². The van der Waals surface area contributed by atoms with E-state index in [0.717, 1.165) is 10.5 Å². The summed E-state index contributed by atoms with van der Waals surface area (Å²) in [6, 6.07) is 10.5. The highest BCUT2D eigenvalue weighted by Gasteiger charge is 2.33. The van der Waals surface area contributed by atoms with Crippen LogP contribution < -0.4 is 24.4 Å². The summed E-state index contributed by atoms with van der Waals surface area (Å²) in [4.78, 5) is 44.3. The molecule has 1 atom stereocenters. The van der Waals surface area contributed by atoms with E-state index in [1.54, 1.807) is 55.3 Å². The number of fused-ring (bicyclic) bond motifs is 1. The monoisotopic (exact) mass is 694 g/mol. The van der Waals surface area contributed by atoms with Gasteiger partial charge in [0.1, 0.15) is 0 Å². The van der Waals surface area contributed by atoms with Crippen molar-refractivity contribution in [2.24, 2.45) is 4.99 Å². The molecule has 0 bridgehead atoms. The summed E-state index contributed by atoms with van der Waals surface area (Å²) in [6.07, 6.45) is 3.36. The van der Waals surface area contributed by atoms with Crippen LogP contribution in [-0.2, 0) is 14.3 Å². The van der Waals surface area contributed by atoms with Crippen molar-refractivity contribution in [1.82, 2.24) is 4.57 Å². The maximum Gasteiger partial charge on any atom is 0.341 e. The van der Waals surface area contributed by atoms with Crippen molar-refractivity contribution in [3.05, 3.63) is 82.1 Å². The Morgan fingerprint density at radius 2 is 1.95 bits per heavy atom. The first-order valence-corrected chi connectivity index (χ1v) is 15.3. The van der Waals surface area contributed by atoms with Crippen LogP contribution in [0.25, 0.3) is 6.08 Å². The van der Waals surface area contributed by atoms with E-state index in [1.165, 1.54) is 18.4 Å². The summed E-state index contributed by atoms with van der Waals surface area (Å²) >= 11 is 4.85. The number of hydrogen-bond acceptors (Lipinski definition) is 9. The van der Waals surface area contributed by atoms with Crippen LogP contribution in [0.3, 0.4) is 0 Å². The molecule has 2 heterocycles. The predicted octanol–water partition coefficient (Wildman–Crippen LogP) is 3.99. The van der Waals surface area contributed by atoms with Crippen molar-refractivity contribution in [3.63, 3.8) is 0 Å². The fraction of sp³-hybridized carbons (Fsp3) is 0.286. The quantitative estimate of drug-likeness (QED) is 0.203. The van der Waals surface area contributed by atoms with Crippen molar-refractivity contribution < 1.29 is 28.9 Å². The number of halogens is 1. The Morgan fingerprint density at radius 1 is 1.25 bits per heavy atom. The third-order valence-corrected chi connectivity index (χ3v) is 8.43. The lowest BCUT2D eigenvalue weighted by atomic mass is 9.96. The zero-order valence-electron chi connectivity index (χ0n) is 22.4. The van der Waals surface area contributed by atoms with Gasteiger partial charge < -0.3 is 19.3 Å². The third-order valence-electron chi connectivity index (χ3n) is 5.91. The number of carboxylic acids is 1. The second kappa shape index (κ2) is 12.6. The molecule has 4 rings (SSSR count). The number of carbonyl (C=O) groups is 2. The minimum absolute atomic E-state index is 0.301. The lowest BCUT2D eigenvalue weighted by molar-refractivity contribution is -0.143. The molecule has 1 aliphatic heterocycles. The van der Waals surface area contributed by atoms with Gasteiger partial charge in [-0.05, 0) is 91.1 Å². The van der Waals surface area contributed by atoms with Gasteiger partial charge in [0.05, 0.1) is 38.6 Å². The van der Waals surface area contributed by atoms with Crippen LogP contribution in [0.1, 0.15) is 37.9 Å². The second-order valence-corrected chi connectivity index (χ2v) is 12.1. The summed E-state index contributed by atoms with van der Waals surface area (Å²) in [7, 11) is 1.46. The van der Waals surface area contributed by atoms with Gasteiger partial charge in [-0.25, -0.2) is 14.6 Å². The number of hydrogen-bond donors (Lipinski definition) is 1. The van der Waals surface area contributed by atoms with Crippen LogP contribution in [0, 0.1) is 3.57 Å². The van der Waals surface area contributed by atoms with E-state index in [2.05, 4.69) is 4.99 Å². The molecule has 3 aromatic rings. The summed E-state index contributed by atoms with van der Waals surface area (Å²) < 4.78 is 19.0. The summed E-state index contributed by atoms with van der Waals surface area (Å²) in [5, 5.41) is 8.98. The van der Waals surface area contributed by atoms with Crippen molar-refractivity contribution in [3.8, 4) is 11.5 Å². The number of esters is 1. The van der Waals surface area contributed by atoms with Crippen LogP contribution in [0.4, 0.5) is 0 Å². The third kappa shape index (κ3) is 6.28. The Kier molecular flexibility index (Phi) is 9.41. The fourth-order valence-corrected chi connectivity index (χ4v) is 6.45. The standard InChI is InChI=1S/C28H27IN2O7S2/c1-14(2)38-27(35)23-15(3)30-28-31(24(23)17-6-8-18(39-5)9-7-17)26(34)21(40-28)12-16-10-19(29)25(20(11-16)36-4)37-13-22(32)33/h6-12,14,24H,13H2,1-5H3,(H,32,33)/b21-12-/t24-/m1/s1. The van der Waals surface area contributed by atoms with Crippen LogP contribution >= 0.6 is 45.7 Å². The Morgan fingerprint density at radius 3 is 2.55 bits per heavy atom. The summed E-state index contributed by atoms with van der Waals surface area (Å²) in [5.74, 6) is -0.969. The van der Waals surface area contributed by atoms with E-state index in [-0.39, 0.29) is 11.7 Å². The number of allylic oxidation sites excluding steroid dienone is 1. The zero-order chi connectivity index (χ0) is 29.1. The lowest BCUT2D eigenvalue weighted by Gasteiger charge is -2.25. The summed E-state index contributed by atoms with van der Waals surface area (Å²) in [6.45, 7) is 4.79. The average molecular weight is 695 g/mol. The van der Waals surface area contributed by atoms with Crippen LogP contribution in [0.5, 0.6) is 11.5 Å². The molecule has 9 nitrogen and oxygen atoms in total. The molecule has 1 aromatic heterocycles. The first kappa shape index (κ1) is 29.9. The predicted molar refractivity (Wildman–Crippen MR) is 162 cm³/mol. The van der Waals surface area contributed by atoms with Gasteiger partial charge in [0, 0.05) is 4.90 Å². The van der Waals surface area contributed by atoms with Gasteiger partial charge in [-0.3, -0.25) is 9.36 Å². The molecule has 0 aliphatic carbocycles. The van der Waals surface area contributed by atoms with E-state index in [4.69, 9.17) is 19.3 Å². The molecular weight excluding hydrogens is 667 g/mol. The largest absolute Gasteiger partial charge is 0.493 e. The number of aromatic nitrogens is 1. The second-order valence-electron chi connectivity index (χ2n) is 9.03. The van der Waals surface area contributed by atoms with E-state index in [0.29, 0.717) is 41.2 Å². The number of benzene rings is 2. The van der Waals surface area contributed by atoms with Crippen molar-refractivity contribution in [2.45, 2.75) is 37.8 Å². The number of methoxy groups -OCH3 is 1. The average Bonchev–Trinajstić information content (AvgIpc) is 3.20. The highest BCUT2D eigenvalue weighted by atomic mass is 127. The molecule has 0 radical (unpaired) electrons. The summed E-state index contributed by atoms with van der Waals surface area (Å²) in [5.41, 5.74) is 1.94. The Balaban J connectivity index is 1.88. The molecule has 0 amide bonds. The molecule has 0 fully saturated rings. The highest BCUT2D eigenvalue weighted by molar-refractivity contribution is 14.1. The van der Waals surface area contributed by atoms with Crippen molar-refractivity contribution in [2.75, 3.05) is 20.0 Å². The maximum absolute atomic E-state index is 13.9. The molecule has 12 heteroatoms. The number of ether oxygens (including phenoxy) is 3. The van der Waals surface area contributed by atoms with Gasteiger partial charge in [0.25, 0.3) is 5.56 Å². The van der Waals surface area contributed by atoms with Crippen LogP contribution in [0.15, 0.2) is 62.4 Å². The van der Waals surface area contributed by atoms with Gasteiger partial charge in [-0.2, -0.15) is 0 Å². The molecule has 40 heavy (non-hydrogen) atoms. The topological polar surface area (TPSA) is 116 Å². The molecule has 0 saturated heterocycles. The fourth-order valence-electron chi connectivity index (χ4n) is 4.21. The van der Waals surface area contributed by atoms with Gasteiger partial charge in [0.15, 0.2) is 22.9 Å². The van der Waals surface area contributed by atoms with Crippen molar-refractivity contribution in [1.29, 1.82) is 0 Å². The molecular formula is C28H27IN2O7S2. The van der Waals surface area contributed by atoms with Crippen LogP contribution in [-0.4, -0.2) is 47.7 Å². The number of carbonyl (C=O) groups excluding carboxylic acids is 1. The number of rotatable bonds is 9. The van der Waals surface area contributed by atoms with Gasteiger partial charge in [-0.1, -0.05) is 23.5 Å². The number of thioether (sulfide) groups is 1. The first-order valence-electron chi connectivity index (χ1n) is 12.1. The zero-order valence-corrected chi connectivity index (χ0v) is 26.2. The number of nitrogens with zero attached hydrogens (tertiary/aromatic N) is 2. The van der Waals surface area contributed by atoms with Crippen LogP contribution in [0.2, 0.25) is 0 Å². The minimum Gasteiger partial charge on any atom is -0.493 e. The number of aliphatic carboxylic acids is 1. The number of thiazole rings is 1. The lowest BCUT2D eigenvalue weighted by Crippen LogP contribution is -2.40. The molecule has 1 aliphatic rings. The molecule has 2 aromatic carbocycles. The Bertz CT molecular complexity index is 1670. The number of carboxylic acid groups (broad SMARTS) is 1. The SMILES string of the molecule is COc1cc(/C=c2\sc3n(c2=O)[C@H](c2ccc(SC)cc2)C(C(=O)OC(C)C)=C(C)N=3)cc(I)c1OCC(=O)O. The van der Waals surface area contributed by atoms with E-state index in [1.807, 2.05) is 53.1 Å². The normalized spacial score (nSPS) is 15.1. The Hall–Kier alpha value is -3.10. The van der Waals surface area contributed by atoms with E-state index in [9.17, 15) is 14.4 Å². The maximum atomic E-state index is 13.9. The molecule has 0 saturated carbocycles. The molecule has 0 spiro atoms. The molecule has 1 N–H and O–H groups in total. The van der Waals surface area contributed by atoms with Gasteiger partial charge in [0.2, 0.25) is 0 Å². The van der Waals surface area contributed by atoms with Gasteiger partial charge >= 0.3 is 11.9 Å². The minimum atomic E-state index is -1.10. The molecule has 210 valence electrons. The highest BCUT2D eigenvalue weighted by Crippen LogP contribution is 2.35. The van der Waals surface area contributed by atoms with Crippen molar-refractivity contribution >= 4 is 63.7 Å². The van der Waals surface area contributed by atoms with E-state index >= 15 is 0 Å². The molecule has 0 unspecified atom stereocenters.